The first-order valence-corrected chi connectivity index (χ1v) is 6.83. The smallest absolute Gasteiger partial charge is 0.248 e. The largest absolute Gasteiger partial charge is 0.370 e. The van der Waals surface area contributed by atoms with Crippen LogP contribution in [0.3, 0.4) is 0 Å². The number of aryl methyl sites for hydroxylation is 1. The van der Waals surface area contributed by atoms with Crippen LogP contribution in [0.4, 0.5) is 0 Å². The van der Waals surface area contributed by atoms with Gasteiger partial charge in [-0.3, -0.25) is 9.59 Å². The predicted octanol–water partition coefficient (Wildman–Crippen LogP) is 0.513. The molecule has 1 N–H and O–H groups in total. The Hall–Kier alpha value is -1.88. The van der Waals surface area contributed by atoms with Gasteiger partial charge in [-0.1, -0.05) is 29.8 Å². The highest BCUT2D eigenvalue weighted by atomic mass is 16.5. The summed E-state index contributed by atoms with van der Waals surface area (Å²) in [4.78, 5) is 25.0. The van der Waals surface area contributed by atoms with Gasteiger partial charge in [0.05, 0.1) is 13.0 Å². The summed E-state index contributed by atoms with van der Waals surface area (Å²) < 4.78 is 5.05. The van der Waals surface area contributed by atoms with Gasteiger partial charge in [-0.15, -0.1) is 0 Å². The molecule has 1 aliphatic heterocycles. The molecule has 5 nitrogen and oxygen atoms in total. The molecule has 1 saturated heterocycles. The number of nitrogens with zero attached hydrogens (tertiary/aromatic N) is 1. The highest BCUT2D eigenvalue weighted by molar-refractivity contribution is 5.79. The maximum absolute atomic E-state index is 11.8. The van der Waals surface area contributed by atoms with E-state index in [-0.39, 0.29) is 18.4 Å². The van der Waals surface area contributed by atoms with Crippen LogP contribution in [-0.4, -0.2) is 49.6 Å². The van der Waals surface area contributed by atoms with Crippen molar-refractivity contribution in [3.8, 4) is 0 Å². The number of carbonyl (C=O) groups is 2. The molecule has 1 aromatic carbocycles. The lowest BCUT2D eigenvalue weighted by Crippen LogP contribution is -2.45. The standard InChI is InChI=1S/C15H20N2O3/c1-12-2-4-13(5-3-12)10-14(18)16-6-7-17-8-9-20-11-15(17)19/h2-5H,6-11H2,1H3,(H,16,18). The Morgan fingerprint density at radius 3 is 2.80 bits per heavy atom. The second-order valence-electron chi connectivity index (χ2n) is 4.95. The zero-order valence-electron chi connectivity index (χ0n) is 11.7. The van der Waals surface area contributed by atoms with Crippen LogP contribution in [0.1, 0.15) is 11.1 Å². The summed E-state index contributed by atoms with van der Waals surface area (Å²) in [7, 11) is 0. The molecule has 0 radical (unpaired) electrons. The summed E-state index contributed by atoms with van der Waals surface area (Å²) in [6, 6.07) is 7.91. The molecule has 2 amide bonds. The number of benzene rings is 1. The van der Waals surface area contributed by atoms with Crippen molar-refractivity contribution >= 4 is 11.8 Å². The first kappa shape index (κ1) is 14.5. The quantitative estimate of drug-likeness (QED) is 0.852. The molecule has 0 bridgehead atoms. The van der Waals surface area contributed by atoms with Gasteiger partial charge in [0.2, 0.25) is 11.8 Å². The number of nitrogens with one attached hydrogen (secondary N) is 1. The van der Waals surface area contributed by atoms with E-state index in [2.05, 4.69) is 5.32 Å². The van der Waals surface area contributed by atoms with Crippen LogP contribution in [0.15, 0.2) is 24.3 Å². The van der Waals surface area contributed by atoms with E-state index >= 15 is 0 Å². The molecule has 0 spiro atoms. The molecule has 1 heterocycles. The lowest BCUT2D eigenvalue weighted by molar-refractivity contribution is -0.142. The second-order valence-corrected chi connectivity index (χ2v) is 4.95. The fraction of sp³-hybridized carbons (Fsp3) is 0.467. The molecular weight excluding hydrogens is 256 g/mol. The Labute approximate surface area is 118 Å². The van der Waals surface area contributed by atoms with Crippen molar-refractivity contribution in [2.75, 3.05) is 32.8 Å². The summed E-state index contributed by atoms with van der Waals surface area (Å²) >= 11 is 0. The number of amides is 2. The van der Waals surface area contributed by atoms with Gasteiger partial charge in [0, 0.05) is 19.6 Å². The molecule has 1 fully saturated rings. The van der Waals surface area contributed by atoms with Gasteiger partial charge >= 0.3 is 0 Å². The van der Waals surface area contributed by atoms with Crippen molar-refractivity contribution in [1.29, 1.82) is 0 Å². The first-order chi connectivity index (χ1) is 9.65. The monoisotopic (exact) mass is 276 g/mol. The van der Waals surface area contributed by atoms with Crippen molar-refractivity contribution in [2.45, 2.75) is 13.3 Å². The Bertz CT molecular complexity index is 471. The maximum atomic E-state index is 11.8. The molecule has 0 aromatic heterocycles. The predicted molar refractivity (Wildman–Crippen MR) is 75.3 cm³/mol. The van der Waals surface area contributed by atoms with Crippen LogP contribution in [0, 0.1) is 6.92 Å². The molecular formula is C15H20N2O3. The molecule has 20 heavy (non-hydrogen) atoms. The van der Waals surface area contributed by atoms with Gasteiger partial charge in [0.25, 0.3) is 0 Å². The SMILES string of the molecule is Cc1ccc(CC(=O)NCCN2CCOCC2=O)cc1. The van der Waals surface area contributed by atoms with Gasteiger partial charge in [-0.05, 0) is 12.5 Å². The average molecular weight is 276 g/mol. The number of morpholine rings is 1. The zero-order chi connectivity index (χ0) is 14.4. The minimum atomic E-state index is -0.0189. The van der Waals surface area contributed by atoms with Gasteiger partial charge in [0.15, 0.2) is 0 Å². The Kier molecular flexibility index (Phi) is 5.12. The summed E-state index contributed by atoms with van der Waals surface area (Å²) in [6.07, 6.45) is 0.372. The number of rotatable bonds is 5. The third-order valence-corrected chi connectivity index (χ3v) is 3.27. The van der Waals surface area contributed by atoms with Crippen molar-refractivity contribution in [1.82, 2.24) is 10.2 Å². The summed E-state index contributed by atoms with van der Waals surface area (Å²) in [5.74, 6) is -0.0291. The topological polar surface area (TPSA) is 58.6 Å². The van der Waals surface area contributed by atoms with E-state index in [0.717, 1.165) is 5.56 Å². The van der Waals surface area contributed by atoms with Gasteiger partial charge in [0.1, 0.15) is 6.61 Å². The van der Waals surface area contributed by atoms with Gasteiger partial charge in [-0.25, -0.2) is 0 Å². The summed E-state index contributed by atoms with van der Waals surface area (Å²) in [5, 5.41) is 2.84. The minimum absolute atomic E-state index is 0.0102. The van der Waals surface area contributed by atoms with E-state index in [1.54, 1.807) is 4.90 Å². The number of carbonyl (C=O) groups excluding carboxylic acids is 2. The second kappa shape index (κ2) is 7.05. The molecule has 0 unspecified atom stereocenters. The lowest BCUT2D eigenvalue weighted by Gasteiger charge is -2.26. The van der Waals surface area contributed by atoms with Crippen LogP contribution in [0.2, 0.25) is 0 Å². The van der Waals surface area contributed by atoms with E-state index in [1.165, 1.54) is 5.56 Å². The molecule has 0 atom stereocenters. The highest BCUT2D eigenvalue weighted by Gasteiger charge is 2.17. The Morgan fingerprint density at radius 1 is 1.35 bits per heavy atom. The minimum Gasteiger partial charge on any atom is -0.370 e. The first-order valence-electron chi connectivity index (χ1n) is 6.83. The van der Waals surface area contributed by atoms with Crippen molar-refractivity contribution in [3.63, 3.8) is 0 Å². The molecule has 0 aliphatic carbocycles. The zero-order valence-corrected chi connectivity index (χ0v) is 11.7. The third kappa shape index (κ3) is 4.35. The fourth-order valence-electron chi connectivity index (χ4n) is 2.07. The van der Waals surface area contributed by atoms with Crippen LogP contribution in [0.25, 0.3) is 0 Å². The molecule has 1 aromatic rings. The average Bonchev–Trinajstić information content (AvgIpc) is 2.43. The van der Waals surface area contributed by atoms with E-state index in [9.17, 15) is 9.59 Å². The summed E-state index contributed by atoms with van der Waals surface area (Å²) in [5.41, 5.74) is 2.18. The van der Waals surface area contributed by atoms with Crippen LogP contribution < -0.4 is 5.32 Å². The molecule has 2 rings (SSSR count). The number of ether oxygens (including phenoxy) is 1. The third-order valence-electron chi connectivity index (χ3n) is 3.27. The summed E-state index contributed by atoms with van der Waals surface area (Å²) in [6.45, 7) is 4.37. The Balaban J connectivity index is 1.69. The van der Waals surface area contributed by atoms with Gasteiger partial charge < -0.3 is 15.0 Å². The molecule has 108 valence electrons. The molecule has 0 saturated carbocycles. The van der Waals surface area contributed by atoms with Crippen LogP contribution in [-0.2, 0) is 20.7 Å². The van der Waals surface area contributed by atoms with E-state index in [4.69, 9.17) is 4.74 Å². The van der Waals surface area contributed by atoms with E-state index in [0.29, 0.717) is 32.7 Å². The van der Waals surface area contributed by atoms with Crippen molar-refractivity contribution in [2.24, 2.45) is 0 Å². The highest BCUT2D eigenvalue weighted by Crippen LogP contribution is 2.03. The number of hydrogen-bond donors (Lipinski definition) is 1. The normalized spacial score (nSPS) is 15.2. The molecule has 1 aliphatic rings. The lowest BCUT2D eigenvalue weighted by atomic mass is 10.1. The van der Waals surface area contributed by atoms with Crippen LogP contribution in [0.5, 0.6) is 0 Å². The van der Waals surface area contributed by atoms with Crippen molar-refractivity contribution < 1.29 is 14.3 Å². The van der Waals surface area contributed by atoms with E-state index in [1.807, 2.05) is 31.2 Å². The van der Waals surface area contributed by atoms with E-state index < -0.39 is 0 Å². The van der Waals surface area contributed by atoms with Gasteiger partial charge in [-0.2, -0.15) is 0 Å². The maximum Gasteiger partial charge on any atom is 0.248 e. The fourth-order valence-corrected chi connectivity index (χ4v) is 2.07. The number of hydrogen-bond acceptors (Lipinski definition) is 3. The Morgan fingerprint density at radius 2 is 2.10 bits per heavy atom. The van der Waals surface area contributed by atoms with Crippen molar-refractivity contribution in [3.05, 3.63) is 35.4 Å². The van der Waals surface area contributed by atoms with Crippen LogP contribution >= 0.6 is 0 Å². The molecule has 5 heteroatoms.